The van der Waals surface area contributed by atoms with Gasteiger partial charge in [-0.25, -0.2) is 0 Å². The summed E-state index contributed by atoms with van der Waals surface area (Å²) in [5.41, 5.74) is 2.91. The van der Waals surface area contributed by atoms with Crippen molar-refractivity contribution in [2.45, 2.75) is 58.7 Å². The van der Waals surface area contributed by atoms with Gasteiger partial charge in [-0.2, -0.15) is 5.10 Å². The van der Waals surface area contributed by atoms with Crippen LogP contribution in [0.2, 0.25) is 0 Å². The van der Waals surface area contributed by atoms with E-state index in [4.69, 9.17) is 4.74 Å². The van der Waals surface area contributed by atoms with Gasteiger partial charge in [-0.1, -0.05) is 29.8 Å². The van der Waals surface area contributed by atoms with E-state index in [9.17, 15) is 14.4 Å². The average Bonchev–Trinajstić information content (AvgIpc) is 3.50. The third-order valence-corrected chi connectivity index (χ3v) is 6.59. The molecule has 0 unspecified atom stereocenters. The van der Waals surface area contributed by atoms with Crippen LogP contribution >= 0.6 is 0 Å². The second kappa shape index (κ2) is 11.5. The van der Waals surface area contributed by atoms with E-state index in [1.807, 2.05) is 36.9 Å². The number of aryl methyl sites for hydroxylation is 2. The van der Waals surface area contributed by atoms with E-state index in [1.165, 1.54) is 0 Å². The zero-order valence-corrected chi connectivity index (χ0v) is 20.7. The Kier molecular flexibility index (Phi) is 8.17. The fraction of sp³-hybridized carbons (Fsp3) is 0.538. The van der Waals surface area contributed by atoms with Gasteiger partial charge in [0.05, 0.1) is 6.10 Å². The topological polar surface area (TPSA) is 96.8 Å². The van der Waals surface area contributed by atoms with E-state index >= 15 is 0 Å². The van der Waals surface area contributed by atoms with Crippen molar-refractivity contribution in [1.29, 1.82) is 0 Å². The molecule has 9 nitrogen and oxygen atoms in total. The molecular formula is C26H35N5O4. The van der Waals surface area contributed by atoms with E-state index in [1.54, 1.807) is 15.6 Å². The summed E-state index contributed by atoms with van der Waals surface area (Å²) in [4.78, 5) is 42.1. The number of carbonyl (C=O) groups excluding carboxylic acids is 3. The molecule has 4 rings (SSSR count). The molecule has 0 saturated carbocycles. The first-order valence-electron chi connectivity index (χ1n) is 12.5. The van der Waals surface area contributed by atoms with Crippen molar-refractivity contribution in [3.63, 3.8) is 0 Å². The van der Waals surface area contributed by atoms with Crippen LogP contribution in [0, 0.1) is 6.92 Å². The van der Waals surface area contributed by atoms with Crippen molar-refractivity contribution < 1.29 is 19.1 Å². The van der Waals surface area contributed by atoms with Crippen LogP contribution in [0.5, 0.6) is 0 Å². The summed E-state index contributed by atoms with van der Waals surface area (Å²) in [5.74, 6) is -0.487. The van der Waals surface area contributed by atoms with Crippen molar-refractivity contribution in [2.24, 2.45) is 0 Å². The number of nitrogens with zero attached hydrogens (tertiary/aromatic N) is 4. The number of benzene rings is 1. The van der Waals surface area contributed by atoms with Gasteiger partial charge >= 0.3 is 0 Å². The molecule has 3 heterocycles. The van der Waals surface area contributed by atoms with E-state index in [2.05, 4.69) is 16.5 Å². The van der Waals surface area contributed by atoms with Crippen LogP contribution in [0.25, 0.3) is 0 Å². The molecule has 0 radical (unpaired) electrons. The average molecular weight is 482 g/mol. The highest BCUT2D eigenvalue weighted by atomic mass is 16.5. The zero-order valence-electron chi connectivity index (χ0n) is 20.7. The van der Waals surface area contributed by atoms with Gasteiger partial charge in [0.1, 0.15) is 5.69 Å². The number of aromatic nitrogens is 2. The number of nitrogens with one attached hydrogen (secondary N) is 1. The monoisotopic (exact) mass is 481 g/mol. The second-order valence-electron chi connectivity index (χ2n) is 9.28. The van der Waals surface area contributed by atoms with E-state index in [0.717, 1.165) is 37.0 Å². The molecule has 3 amide bonds. The number of hydrogen-bond donors (Lipinski definition) is 1. The number of rotatable bonds is 9. The van der Waals surface area contributed by atoms with Crippen molar-refractivity contribution >= 4 is 17.7 Å². The third kappa shape index (κ3) is 6.28. The Balaban J connectivity index is 1.37. The molecule has 2 aromatic rings. The van der Waals surface area contributed by atoms with Crippen molar-refractivity contribution in [3.05, 3.63) is 52.8 Å². The first-order chi connectivity index (χ1) is 16.9. The fourth-order valence-corrected chi connectivity index (χ4v) is 4.64. The smallest absolute Gasteiger partial charge is 0.274 e. The van der Waals surface area contributed by atoms with E-state index in [-0.39, 0.29) is 35.9 Å². The third-order valence-electron chi connectivity index (χ3n) is 6.59. The molecule has 1 N–H and O–H groups in total. The maximum atomic E-state index is 13.3. The number of ether oxygens (including phenoxy) is 1. The minimum Gasteiger partial charge on any atom is -0.376 e. The van der Waals surface area contributed by atoms with Gasteiger partial charge in [-0.3, -0.25) is 19.1 Å². The molecule has 1 aromatic carbocycles. The quantitative estimate of drug-likeness (QED) is 0.593. The molecule has 2 aliphatic heterocycles. The predicted molar refractivity (Wildman–Crippen MR) is 131 cm³/mol. The summed E-state index contributed by atoms with van der Waals surface area (Å²) < 4.78 is 7.18. The van der Waals surface area contributed by atoms with Gasteiger partial charge in [0.15, 0.2) is 5.69 Å². The Hall–Kier alpha value is -3.20. The second-order valence-corrected chi connectivity index (χ2v) is 9.28. The van der Waals surface area contributed by atoms with Gasteiger partial charge in [-0.05, 0) is 38.7 Å². The molecule has 9 heteroatoms. The SMILES string of the molecule is CCN(CCC(=O)NC[C@H]1CCCO1)C(=O)c1cc2n(n1)CCCN(Cc1cccc(C)c1)C2=O. The van der Waals surface area contributed by atoms with Crippen LogP contribution in [-0.2, 0) is 22.6 Å². The lowest BCUT2D eigenvalue weighted by atomic mass is 10.1. The number of carbonyl (C=O) groups is 3. The summed E-state index contributed by atoms with van der Waals surface area (Å²) in [6.45, 7) is 7.66. The summed E-state index contributed by atoms with van der Waals surface area (Å²) in [7, 11) is 0. The van der Waals surface area contributed by atoms with Gasteiger partial charge in [0.2, 0.25) is 5.91 Å². The molecule has 2 aliphatic rings. The fourth-order valence-electron chi connectivity index (χ4n) is 4.64. The van der Waals surface area contributed by atoms with Crippen molar-refractivity contribution in [1.82, 2.24) is 24.9 Å². The summed E-state index contributed by atoms with van der Waals surface area (Å²) in [6.07, 6.45) is 3.06. The summed E-state index contributed by atoms with van der Waals surface area (Å²) >= 11 is 0. The lowest BCUT2D eigenvalue weighted by molar-refractivity contribution is -0.121. The first kappa shape index (κ1) is 24.9. The Labute approximate surface area is 206 Å². The Bertz CT molecular complexity index is 1060. The number of amides is 3. The Morgan fingerprint density at radius 1 is 1.23 bits per heavy atom. The largest absolute Gasteiger partial charge is 0.376 e. The molecule has 0 aliphatic carbocycles. The lowest BCUT2D eigenvalue weighted by Gasteiger charge is -2.21. The van der Waals surface area contributed by atoms with E-state index in [0.29, 0.717) is 45.0 Å². The number of hydrogen-bond acceptors (Lipinski definition) is 5. The van der Waals surface area contributed by atoms with Crippen molar-refractivity contribution in [3.8, 4) is 0 Å². The minimum atomic E-state index is -0.266. The summed E-state index contributed by atoms with van der Waals surface area (Å²) in [6, 6.07) is 9.73. The molecular weight excluding hydrogens is 446 g/mol. The van der Waals surface area contributed by atoms with Gasteiger partial charge in [0, 0.05) is 58.4 Å². The molecule has 0 bridgehead atoms. The van der Waals surface area contributed by atoms with Crippen LogP contribution in [0.1, 0.15) is 64.7 Å². The Morgan fingerprint density at radius 3 is 2.83 bits per heavy atom. The highest BCUT2D eigenvalue weighted by molar-refractivity contribution is 5.98. The molecule has 0 spiro atoms. The molecule has 1 atom stereocenters. The minimum absolute atomic E-state index is 0.0897. The van der Waals surface area contributed by atoms with Crippen molar-refractivity contribution in [2.75, 3.05) is 32.8 Å². The summed E-state index contributed by atoms with van der Waals surface area (Å²) in [5, 5.41) is 7.35. The van der Waals surface area contributed by atoms with Gasteiger partial charge in [-0.15, -0.1) is 0 Å². The van der Waals surface area contributed by atoms with Gasteiger partial charge < -0.3 is 19.9 Å². The van der Waals surface area contributed by atoms with Gasteiger partial charge in [0.25, 0.3) is 11.8 Å². The molecule has 188 valence electrons. The van der Waals surface area contributed by atoms with Crippen LogP contribution in [0.3, 0.4) is 0 Å². The zero-order chi connectivity index (χ0) is 24.8. The number of fused-ring (bicyclic) bond motifs is 1. The van der Waals surface area contributed by atoms with Crippen LogP contribution < -0.4 is 5.32 Å². The molecule has 1 saturated heterocycles. The first-order valence-corrected chi connectivity index (χ1v) is 12.5. The highest BCUT2D eigenvalue weighted by Crippen LogP contribution is 2.18. The highest BCUT2D eigenvalue weighted by Gasteiger charge is 2.28. The molecule has 35 heavy (non-hydrogen) atoms. The molecule has 1 aromatic heterocycles. The standard InChI is InChI=1S/C26H35N5O4/c1-3-29(13-10-24(32)27-17-21-9-5-14-35-21)25(33)22-16-23-26(34)30(11-6-12-31(23)28-22)18-20-8-4-7-19(2)15-20/h4,7-8,15-16,21H,3,5-6,9-14,17-18H2,1-2H3,(H,27,32)/t21-/m1/s1. The maximum Gasteiger partial charge on any atom is 0.274 e. The Morgan fingerprint density at radius 2 is 2.09 bits per heavy atom. The predicted octanol–water partition coefficient (Wildman–Crippen LogP) is 2.39. The van der Waals surface area contributed by atoms with Crippen LogP contribution in [-0.4, -0.2) is 76.2 Å². The maximum absolute atomic E-state index is 13.3. The molecule has 1 fully saturated rings. The lowest BCUT2D eigenvalue weighted by Crippen LogP contribution is -2.37. The van der Waals surface area contributed by atoms with E-state index < -0.39 is 0 Å². The normalized spacial score (nSPS) is 17.7. The van der Waals surface area contributed by atoms with Crippen LogP contribution in [0.4, 0.5) is 0 Å². The van der Waals surface area contributed by atoms with Crippen LogP contribution in [0.15, 0.2) is 30.3 Å².